The lowest BCUT2D eigenvalue weighted by molar-refractivity contribution is 0.182. The van der Waals surface area contributed by atoms with Gasteiger partial charge in [-0.1, -0.05) is 30.1 Å². The van der Waals surface area contributed by atoms with Gasteiger partial charge in [-0.15, -0.1) is 0 Å². The maximum absolute atomic E-state index is 11.9. The van der Waals surface area contributed by atoms with Gasteiger partial charge in [-0.05, 0) is 63.0 Å². The number of carbonyl (C=O) groups excluding carboxylic acids is 1. The second-order valence-electron chi connectivity index (χ2n) is 5.75. The number of carbonyl (C=O) groups is 1. The van der Waals surface area contributed by atoms with Crippen LogP contribution in [-0.4, -0.2) is 37.1 Å². The Morgan fingerprint density at radius 3 is 2.64 bits per heavy atom. The zero-order valence-electron chi connectivity index (χ0n) is 12.9. The van der Waals surface area contributed by atoms with Crippen molar-refractivity contribution < 1.29 is 4.79 Å². The SMILES string of the molecule is CCCN1CCC(CNC(=O)Nc2ccc(Cl)c(Cl)c2)CC1. The molecule has 1 aliphatic rings. The van der Waals surface area contributed by atoms with Crippen molar-refractivity contribution in [3.8, 4) is 0 Å². The van der Waals surface area contributed by atoms with Gasteiger partial charge in [0.2, 0.25) is 0 Å². The average molecular weight is 344 g/mol. The zero-order chi connectivity index (χ0) is 15.9. The van der Waals surface area contributed by atoms with Crippen LogP contribution in [-0.2, 0) is 0 Å². The fraction of sp³-hybridized carbons (Fsp3) is 0.562. The van der Waals surface area contributed by atoms with E-state index in [4.69, 9.17) is 23.2 Å². The summed E-state index contributed by atoms with van der Waals surface area (Å²) in [4.78, 5) is 14.4. The van der Waals surface area contributed by atoms with Crippen LogP contribution >= 0.6 is 23.2 Å². The van der Waals surface area contributed by atoms with Crippen LogP contribution in [0.4, 0.5) is 10.5 Å². The molecule has 0 bridgehead atoms. The van der Waals surface area contributed by atoms with E-state index in [9.17, 15) is 4.79 Å². The van der Waals surface area contributed by atoms with E-state index in [0.717, 1.165) is 25.9 Å². The maximum Gasteiger partial charge on any atom is 0.319 e. The van der Waals surface area contributed by atoms with Crippen LogP contribution in [0.3, 0.4) is 0 Å². The number of likely N-dealkylation sites (tertiary alicyclic amines) is 1. The topological polar surface area (TPSA) is 44.4 Å². The van der Waals surface area contributed by atoms with Crippen molar-refractivity contribution in [1.82, 2.24) is 10.2 Å². The van der Waals surface area contributed by atoms with Gasteiger partial charge in [-0.25, -0.2) is 4.79 Å². The number of rotatable bonds is 5. The molecule has 1 saturated heterocycles. The Balaban J connectivity index is 1.71. The van der Waals surface area contributed by atoms with Crippen molar-refractivity contribution >= 4 is 34.9 Å². The quantitative estimate of drug-likeness (QED) is 0.839. The zero-order valence-corrected chi connectivity index (χ0v) is 14.4. The van der Waals surface area contributed by atoms with Crippen molar-refractivity contribution in [2.75, 3.05) is 31.5 Å². The Hall–Kier alpha value is -0.970. The molecule has 0 atom stereocenters. The van der Waals surface area contributed by atoms with Gasteiger partial charge in [-0.2, -0.15) is 0 Å². The number of piperidine rings is 1. The van der Waals surface area contributed by atoms with Gasteiger partial charge < -0.3 is 15.5 Å². The molecule has 0 unspecified atom stereocenters. The molecular weight excluding hydrogens is 321 g/mol. The third kappa shape index (κ3) is 5.34. The number of hydrogen-bond acceptors (Lipinski definition) is 2. The van der Waals surface area contributed by atoms with Gasteiger partial charge >= 0.3 is 6.03 Å². The number of benzene rings is 1. The monoisotopic (exact) mass is 343 g/mol. The van der Waals surface area contributed by atoms with Gasteiger partial charge in [0.1, 0.15) is 0 Å². The molecule has 122 valence electrons. The molecule has 0 radical (unpaired) electrons. The van der Waals surface area contributed by atoms with E-state index in [1.807, 2.05) is 0 Å². The van der Waals surface area contributed by atoms with Crippen molar-refractivity contribution in [1.29, 1.82) is 0 Å². The third-order valence-electron chi connectivity index (χ3n) is 3.98. The van der Waals surface area contributed by atoms with Crippen LogP contribution in [0, 0.1) is 5.92 Å². The minimum absolute atomic E-state index is 0.200. The molecule has 4 nitrogen and oxygen atoms in total. The number of urea groups is 1. The fourth-order valence-electron chi connectivity index (χ4n) is 2.72. The summed E-state index contributed by atoms with van der Waals surface area (Å²) in [5.74, 6) is 0.563. The van der Waals surface area contributed by atoms with Gasteiger partial charge in [0, 0.05) is 12.2 Å². The first-order chi connectivity index (χ1) is 10.6. The van der Waals surface area contributed by atoms with Gasteiger partial charge in [0.05, 0.1) is 10.0 Å². The molecule has 2 amide bonds. The van der Waals surface area contributed by atoms with Crippen molar-refractivity contribution in [2.45, 2.75) is 26.2 Å². The number of anilines is 1. The van der Waals surface area contributed by atoms with Crippen molar-refractivity contribution in [2.24, 2.45) is 5.92 Å². The Bertz CT molecular complexity index is 502. The molecule has 0 spiro atoms. The lowest BCUT2D eigenvalue weighted by atomic mass is 9.97. The smallest absolute Gasteiger partial charge is 0.319 e. The van der Waals surface area contributed by atoms with Crippen LogP contribution in [0.25, 0.3) is 0 Å². The Labute approximate surface area is 142 Å². The fourth-order valence-corrected chi connectivity index (χ4v) is 3.01. The molecule has 2 N–H and O–H groups in total. The Morgan fingerprint density at radius 1 is 1.27 bits per heavy atom. The van der Waals surface area contributed by atoms with E-state index in [-0.39, 0.29) is 6.03 Å². The van der Waals surface area contributed by atoms with Crippen molar-refractivity contribution in [3.05, 3.63) is 28.2 Å². The lowest BCUT2D eigenvalue weighted by Crippen LogP contribution is -2.40. The Kier molecular flexibility index (Phi) is 6.80. The molecule has 1 heterocycles. The molecule has 6 heteroatoms. The number of amides is 2. The lowest BCUT2D eigenvalue weighted by Gasteiger charge is -2.31. The highest BCUT2D eigenvalue weighted by atomic mass is 35.5. The molecule has 1 aromatic carbocycles. The largest absolute Gasteiger partial charge is 0.338 e. The summed E-state index contributed by atoms with van der Waals surface area (Å²) in [7, 11) is 0. The Morgan fingerprint density at radius 2 is 2.00 bits per heavy atom. The molecule has 1 fully saturated rings. The summed E-state index contributed by atoms with van der Waals surface area (Å²) in [5.41, 5.74) is 0.643. The van der Waals surface area contributed by atoms with E-state index in [0.29, 0.717) is 28.2 Å². The van der Waals surface area contributed by atoms with Crippen LogP contribution in [0.1, 0.15) is 26.2 Å². The highest BCUT2D eigenvalue weighted by Gasteiger charge is 2.18. The molecule has 2 rings (SSSR count). The maximum atomic E-state index is 11.9. The molecule has 22 heavy (non-hydrogen) atoms. The number of nitrogens with zero attached hydrogens (tertiary/aromatic N) is 1. The van der Waals surface area contributed by atoms with Crippen LogP contribution < -0.4 is 10.6 Å². The number of halogens is 2. The normalized spacial score (nSPS) is 16.5. The number of nitrogens with one attached hydrogen (secondary N) is 2. The molecule has 0 saturated carbocycles. The standard InChI is InChI=1S/C16H23Cl2N3O/c1-2-7-21-8-5-12(6-9-21)11-19-16(22)20-13-3-4-14(17)15(18)10-13/h3-4,10,12H,2,5-9,11H2,1H3,(H2,19,20,22). The van der Waals surface area contributed by atoms with Crippen LogP contribution in [0.5, 0.6) is 0 Å². The summed E-state index contributed by atoms with van der Waals surface area (Å²) in [5, 5.41) is 6.62. The van der Waals surface area contributed by atoms with E-state index in [2.05, 4.69) is 22.5 Å². The van der Waals surface area contributed by atoms with E-state index >= 15 is 0 Å². The van der Waals surface area contributed by atoms with E-state index in [1.54, 1.807) is 18.2 Å². The molecular formula is C16H23Cl2N3O. The third-order valence-corrected chi connectivity index (χ3v) is 4.71. The highest BCUT2D eigenvalue weighted by Crippen LogP contribution is 2.25. The van der Waals surface area contributed by atoms with Gasteiger partial charge in [-0.3, -0.25) is 0 Å². The molecule has 1 aliphatic heterocycles. The van der Waals surface area contributed by atoms with Crippen LogP contribution in [0.15, 0.2) is 18.2 Å². The first-order valence-corrected chi connectivity index (χ1v) is 8.56. The number of hydrogen-bond donors (Lipinski definition) is 2. The average Bonchev–Trinajstić information content (AvgIpc) is 2.51. The summed E-state index contributed by atoms with van der Waals surface area (Å²) >= 11 is 11.8. The first-order valence-electron chi connectivity index (χ1n) is 7.80. The predicted molar refractivity (Wildman–Crippen MR) is 92.9 cm³/mol. The van der Waals surface area contributed by atoms with Gasteiger partial charge in [0.15, 0.2) is 0 Å². The van der Waals surface area contributed by atoms with E-state index < -0.39 is 0 Å². The summed E-state index contributed by atoms with van der Waals surface area (Å²) in [6.07, 6.45) is 3.50. The van der Waals surface area contributed by atoms with Gasteiger partial charge in [0.25, 0.3) is 0 Å². The molecule has 0 aliphatic carbocycles. The summed E-state index contributed by atoms with van der Waals surface area (Å²) in [6.45, 7) is 6.37. The second-order valence-corrected chi connectivity index (χ2v) is 6.56. The predicted octanol–water partition coefficient (Wildman–Crippen LogP) is 4.24. The minimum Gasteiger partial charge on any atom is -0.338 e. The molecule has 1 aromatic rings. The highest BCUT2D eigenvalue weighted by molar-refractivity contribution is 6.42. The first kappa shape index (κ1) is 17.4. The van der Waals surface area contributed by atoms with E-state index in [1.165, 1.54) is 13.0 Å². The second kappa shape index (κ2) is 8.61. The van der Waals surface area contributed by atoms with Crippen LogP contribution in [0.2, 0.25) is 10.0 Å². The summed E-state index contributed by atoms with van der Waals surface area (Å²) < 4.78 is 0. The minimum atomic E-state index is -0.200. The summed E-state index contributed by atoms with van der Waals surface area (Å²) in [6, 6.07) is 4.85. The van der Waals surface area contributed by atoms with Crippen molar-refractivity contribution in [3.63, 3.8) is 0 Å². The molecule has 0 aromatic heterocycles.